The van der Waals surface area contributed by atoms with E-state index in [1.165, 1.54) is 13.0 Å². The van der Waals surface area contributed by atoms with Gasteiger partial charge in [-0.05, 0) is 18.1 Å². The van der Waals surface area contributed by atoms with Crippen molar-refractivity contribution in [2.45, 2.75) is 29.7 Å². The number of hydrogen-bond acceptors (Lipinski definition) is 3. The van der Waals surface area contributed by atoms with Crippen LogP contribution < -0.4 is 0 Å². The van der Waals surface area contributed by atoms with Gasteiger partial charge >= 0.3 is 11.5 Å². The van der Waals surface area contributed by atoms with E-state index < -0.39 is 32.1 Å². The molecule has 0 radical (unpaired) electrons. The SMILES string of the molecule is CCC(C(=O)O)c1ccccc1S(=O)(=O)C(F)(F)F. The summed E-state index contributed by atoms with van der Waals surface area (Å²) in [6.07, 6.45) is -0.0142. The van der Waals surface area contributed by atoms with Crippen molar-refractivity contribution in [3.05, 3.63) is 29.8 Å². The Labute approximate surface area is 107 Å². The van der Waals surface area contributed by atoms with E-state index in [9.17, 15) is 26.4 Å². The van der Waals surface area contributed by atoms with Gasteiger partial charge in [-0.15, -0.1) is 0 Å². The molecule has 0 amide bonds. The summed E-state index contributed by atoms with van der Waals surface area (Å²) in [5.74, 6) is -2.67. The third-order valence-corrected chi connectivity index (χ3v) is 4.16. The van der Waals surface area contributed by atoms with Crippen LogP contribution in [-0.2, 0) is 14.6 Å². The smallest absolute Gasteiger partial charge is 0.481 e. The molecule has 106 valence electrons. The molecule has 1 atom stereocenters. The number of halogens is 3. The Morgan fingerprint density at radius 3 is 2.26 bits per heavy atom. The summed E-state index contributed by atoms with van der Waals surface area (Å²) >= 11 is 0. The molecule has 0 bridgehead atoms. The number of rotatable bonds is 4. The third kappa shape index (κ3) is 2.89. The lowest BCUT2D eigenvalue weighted by atomic mass is 9.97. The molecule has 19 heavy (non-hydrogen) atoms. The van der Waals surface area contributed by atoms with Crippen LogP contribution in [0.5, 0.6) is 0 Å². The Morgan fingerprint density at radius 2 is 1.84 bits per heavy atom. The van der Waals surface area contributed by atoms with Crippen LogP contribution >= 0.6 is 0 Å². The molecule has 1 aromatic carbocycles. The van der Waals surface area contributed by atoms with Crippen molar-refractivity contribution in [1.82, 2.24) is 0 Å². The van der Waals surface area contributed by atoms with Gasteiger partial charge in [0.2, 0.25) is 0 Å². The van der Waals surface area contributed by atoms with Gasteiger partial charge in [0, 0.05) is 0 Å². The zero-order chi connectivity index (χ0) is 14.8. The highest BCUT2D eigenvalue weighted by molar-refractivity contribution is 7.92. The first-order valence-corrected chi connectivity index (χ1v) is 6.74. The summed E-state index contributed by atoms with van der Waals surface area (Å²) in [6.45, 7) is 1.45. The van der Waals surface area contributed by atoms with Gasteiger partial charge in [0.15, 0.2) is 0 Å². The normalized spacial score (nSPS) is 14.1. The molecular formula is C11H11F3O4S. The molecule has 1 rings (SSSR count). The number of sulfone groups is 1. The lowest BCUT2D eigenvalue weighted by Crippen LogP contribution is -2.26. The van der Waals surface area contributed by atoms with Crippen LogP contribution in [-0.4, -0.2) is 25.0 Å². The minimum Gasteiger partial charge on any atom is -0.481 e. The lowest BCUT2D eigenvalue weighted by Gasteiger charge is -2.16. The summed E-state index contributed by atoms with van der Waals surface area (Å²) in [4.78, 5) is 9.98. The second-order valence-electron chi connectivity index (χ2n) is 3.79. The fourth-order valence-electron chi connectivity index (χ4n) is 1.67. The minimum absolute atomic E-state index is 0.0142. The van der Waals surface area contributed by atoms with Crippen molar-refractivity contribution >= 4 is 15.8 Å². The average Bonchev–Trinajstić information content (AvgIpc) is 2.28. The standard InChI is InChI=1S/C11H11F3O4S/c1-2-7(10(15)16)8-5-3-4-6-9(8)19(17,18)11(12,13)14/h3-7H,2H2,1H3,(H,15,16). The third-order valence-electron chi connectivity index (χ3n) is 2.59. The minimum atomic E-state index is -5.56. The predicted molar refractivity (Wildman–Crippen MR) is 60.4 cm³/mol. The van der Waals surface area contributed by atoms with Crippen molar-refractivity contribution in [2.75, 3.05) is 0 Å². The van der Waals surface area contributed by atoms with Gasteiger partial charge in [0.1, 0.15) is 0 Å². The molecule has 0 aromatic heterocycles. The van der Waals surface area contributed by atoms with Gasteiger partial charge in [-0.2, -0.15) is 13.2 Å². The summed E-state index contributed by atoms with van der Waals surface area (Å²) in [5, 5.41) is 8.94. The zero-order valence-electron chi connectivity index (χ0n) is 9.81. The number of carboxylic acid groups (broad SMARTS) is 1. The van der Waals surface area contributed by atoms with Crippen molar-refractivity contribution < 1.29 is 31.5 Å². The molecule has 0 fully saturated rings. The van der Waals surface area contributed by atoms with Gasteiger partial charge in [0.25, 0.3) is 9.84 Å². The van der Waals surface area contributed by atoms with Crippen LogP contribution in [0.2, 0.25) is 0 Å². The van der Waals surface area contributed by atoms with Gasteiger partial charge in [-0.1, -0.05) is 25.1 Å². The van der Waals surface area contributed by atoms with Crippen LogP contribution in [0.3, 0.4) is 0 Å². The summed E-state index contributed by atoms with van der Waals surface area (Å²) in [7, 11) is -5.56. The number of alkyl halides is 3. The Morgan fingerprint density at radius 1 is 1.32 bits per heavy atom. The number of carbonyl (C=O) groups is 1. The van der Waals surface area contributed by atoms with Crippen molar-refractivity contribution in [1.29, 1.82) is 0 Å². The molecule has 0 spiro atoms. The van der Waals surface area contributed by atoms with Gasteiger partial charge in [-0.3, -0.25) is 4.79 Å². The van der Waals surface area contributed by atoms with Crippen LogP contribution in [0, 0.1) is 0 Å². The molecule has 8 heteroatoms. The highest BCUT2D eigenvalue weighted by atomic mass is 32.2. The van der Waals surface area contributed by atoms with Crippen molar-refractivity contribution in [3.8, 4) is 0 Å². The topological polar surface area (TPSA) is 71.4 Å². The molecule has 0 aliphatic heterocycles. The molecule has 0 saturated carbocycles. The Kier molecular flexibility index (Phi) is 4.24. The number of carboxylic acids is 1. The molecule has 0 heterocycles. The van der Waals surface area contributed by atoms with E-state index in [-0.39, 0.29) is 12.0 Å². The lowest BCUT2D eigenvalue weighted by molar-refractivity contribution is -0.138. The van der Waals surface area contributed by atoms with E-state index in [0.717, 1.165) is 18.2 Å². The summed E-state index contributed by atoms with van der Waals surface area (Å²) in [6, 6.07) is 4.28. The fraction of sp³-hybridized carbons (Fsp3) is 0.364. The molecule has 1 aromatic rings. The molecular weight excluding hydrogens is 285 g/mol. The molecule has 0 aliphatic carbocycles. The van der Waals surface area contributed by atoms with Crippen LogP contribution in [0.1, 0.15) is 24.8 Å². The van der Waals surface area contributed by atoms with Crippen LogP contribution in [0.15, 0.2) is 29.2 Å². The fourth-order valence-corrected chi connectivity index (χ4v) is 2.69. The monoisotopic (exact) mass is 296 g/mol. The van der Waals surface area contributed by atoms with Crippen molar-refractivity contribution in [2.24, 2.45) is 0 Å². The maximum atomic E-state index is 12.5. The Balaban J connectivity index is 3.52. The van der Waals surface area contributed by atoms with E-state index in [4.69, 9.17) is 5.11 Å². The highest BCUT2D eigenvalue weighted by Gasteiger charge is 2.48. The number of aliphatic carboxylic acids is 1. The largest absolute Gasteiger partial charge is 0.501 e. The Bertz CT molecular complexity index is 578. The van der Waals surface area contributed by atoms with Crippen LogP contribution in [0.4, 0.5) is 13.2 Å². The second kappa shape index (κ2) is 5.20. The summed E-state index contributed by atoms with van der Waals surface area (Å²) in [5.41, 5.74) is -5.81. The molecule has 4 nitrogen and oxygen atoms in total. The molecule has 1 unspecified atom stereocenters. The van der Waals surface area contributed by atoms with Crippen molar-refractivity contribution in [3.63, 3.8) is 0 Å². The van der Waals surface area contributed by atoms with E-state index >= 15 is 0 Å². The zero-order valence-corrected chi connectivity index (χ0v) is 10.6. The first kappa shape index (κ1) is 15.5. The quantitative estimate of drug-likeness (QED) is 0.927. The summed E-state index contributed by atoms with van der Waals surface area (Å²) < 4.78 is 60.4. The average molecular weight is 296 g/mol. The van der Waals surface area contributed by atoms with Gasteiger partial charge < -0.3 is 5.11 Å². The highest BCUT2D eigenvalue weighted by Crippen LogP contribution is 2.35. The number of benzene rings is 1. The van der Waals surface area contributed by atoms with Gasteiger partial charge in [0.05, 0.1) is 10.8 Å². The maximum absolute atomic E-state index is 12.5. The van der Waals surface area contributed by atoms with Gasteiger partial charge in [-0.25, -0.2) is 8.42 Å². The maximum Gasteiger partial charge on any atom is 0.501 e. The van der Waals surface area contributed by atoms with E-state index in [1.54, 1.807) is 0 Å². The first-order valence-electron chi connectivity index (χ1n) is 5.26. The molecule has 1 N–H and O–H groups in total. The Hall–Kier alpha value is -1.57. The van der Waals surface area contributed by atoms with Crippen LogP contribution in [0.25, 0.3) is 0 Å². The molecule has 0 aliphatic rings. The van der Waals surface area contributed by atoms with E-state index in [0.29, 0.717) is 0 Å². The van der Waals surface area contributed by atoms with E-state index in [2.05, 4.69) is 0 Å². The second-order valence-corrected chi connectivity index (χ2v) is 5.70. The molecule has 0 saturated heterocycles. The first-order chi connectivity index (χ1) is 8.63. The number of hydrogen-bond donors (Lipinski definition) is 1. The predicted octanol–water partition coefficient (Wildman–Crippen LogP) is 2.56. The van der Waals surface area contributed by atoms with E-state index in [1.807, 2.05) is 0 Å².